The van der Waals surface area contributed by atoms with Crippen LogP contribution in [0.5, 0.6) is 0 Å². The first-order chi connectivity index (χ1) is 12.6. The lowest BCUT2D eigenvalue weighted by molar-refractivity contribution is -0.124. The van der Waals surface area contributed by atoms with E-state index < -0.39 is 0 Å². The largest absolute Gasteiger partial charge is 0.391 e. The number of nitrogens with one attached hydrogen (secondary N) is 1. The number of carbonyl (C=O) groups excluding carboxylic acids is 1. The molecule has 2 aliphatic heterocycles. The molecule has 3 heterocycles. The zero-order valence-electron chi connectivity index (χ0n) is 15.2. The fourth-order valence-corrected chi connectivity index (χ4v) is 3.93. The van der Waals surface area contributed by atoms with Crippen LogP contribution >= 0.6 is 0 Å². The van der Waals surface area contributed by atoms with Crippen molar-refractivity contribution in [2.24, 2.45) is 0 Å². The van der Waals surface area contributed by atoms with Crippen LogP contribution in [0.3, 0.4) is 0 Å². The van der Waals surface area contributed by atoms with E-state index in [1.807, 2.05) is 0 Å². The number of nitrogens with zero attached hydrogens (tertiary/aromatic N) is 3. The maximum Gasteiger partial charge on any atom is 0.234 e. The van der Waals surface area contributed by atoms with Gasteiger partial charge in [-0.15, -0.1) is 0 Å². The average molecular weight is 354 g/mol. The molecule has 0 bridgehead atoms. The van der Waals surface area contributed by atoms with Crippen LogP contribution in [0.4, 0.5) is 5.82 Å². The zero-order valence-corrected chi connectivity index (χ0v) is 15.2. The van der Waals surface area contributed by atoms with E-state index in [-0.39, 0.29) is 12.0 Å². The van der Waals surface area contributed by atoms with Gasteiger partial charge in [0.15, 0.2) is 0 Å². The summed E-state index contributed by atoms with van der Waals surface area (Å²) in [6, 6.07) is 8.51. The molecule has 0 saturated carbocycles. The van der Waals surface area contributed by atoms with Gasteiger partial charge in [0.2, 0.25) is 5.91 Å². The number of rotatable bonds is 3. The Kier molecular flexibility index (Phi) is 4.78. The summed E-state index contributed by atoms with van der Waals surface area (Å²) < 4.78 is 0. The number of piperazine rings is 1. The van der Waals surface area contributed by atoms with Crippen molar-refractivity contribution in [3.05, 3.63) is 35.4 Å². The average Bonchev–Trinajstić information content (AvgIpc) is 2.61. The second-order valence-corrected chi connectivity index (χ2v) is 7.47. The third kappa shape index (κ3) is 3.66. The highest BCUT2D eigenvalue weighted by atomic mass is 16.3. The third-order valence-electron chi connectivity index (χ3n) is 5.23. The molecule has 2 aliphatic rings. The number of aromatic nitrogens is 1. The van der Waals surface area contributed by atoms with E-state index in [9.17, 15) is 9.90 Å². The van der Waals surface area contributed by atoms with Crippen molar-refractivity contribution in [3.8, 4) is 0 Å². The van der Waals surface area contributed by atoms with Gasteiger partial charge >= 0.3 is 0 Å². The smallest absolute Gasteiger partial charge is 0.234 e. The second-order valence-electron chi connectivity index (χ2n) is 7.47. The number of hydrogen-bond donors (Lipinski definition) is 2. The molecule has 4 rings (SSSR count). The van der Waals surface area contributed by atoms with E-state index in [2.05, 4.69) is 46.3 Å². The minimum absolute atomic E-state index is 0.0794. The number of aryl methyl sites for hydroxylation is 1. The van der Waals surface area contributed by atoms with Crippen LogP contribution in [0.2, 0.25) is 0 Å². The summed E-state index contributed by atoms with van der Waals surface area (Å²) in [7, 11) is 0. The predicted molar refractivity (Wildman–Crippen MR) is 102 cm³/mol. The third-order valence-corrected chi connectivity index (χ3v) is 5.23. The Morgan fingerprint density at radius 3 is 3.00 bits per heavy atom. The highest BCUT2D eigenvalue weighted by molar-refractivity contribution is 5.83. The molecule has 0 spiro atoms. The van der Waals surface area contributed by atoms with Crippen molar-refractivity contribution in [2.75, 3.05) is 37.6 Å². The summed E-state index contributed by atoms with van der Waals surface area (Å²) >= 11 is 0. The second kappa shape index (κ2) is 7.21. The van der Waals surface area contributed by atoms with Gasteiger partial charge in [0.05, 0.1) is 18.2 Å². The molecule has 1 atom stereocenters. The molecule has 26 heavy (non-hydrogen) atoms. The van der Waals surface area contributed by atoms with Gasteiger partial charge in [-0.05, 0) is 38.0 Å². The molecule has 6 nitrogen and oxygen atoms in total. The van der Waals surface area contributed by atoms with Gasteiger partial charge in [0.25, 0.3) is 0 Å². The summed E-state index contributed by atoms with van der Waals surface area (Å²) in [5.74, 6) is 1.03. The monoisotopic (exact) mass is 354 g/mol. The van der Waals surface area contributed by atoms with Crippen molar-refractivity contribution < 1.29 is 9.90 Å². The quantitative estimate of drug-likeness (QED) is 0.873. The Bertz CT molecular complexity index is 823. The predicted octanol–water partition coefficient (Wildman–Crippen LogP) is 1.44. The van der Waals surface area contributed by atoms with Crippen molar-refractivity contribution in [1.82, 2.24) is 15.2 Å². The molecule has 1 aromatic carbocycles. The topological polar surface area (TPSA) is 68.7 Å². The molecule has 0 unspecified atom stereocenters. The number of anilines is 1. The van der Waals surface area contributed by atoms with Crippen LogP contribution in [0.25, 0.3) is 10.9 Å². The Labute approximate surface area is 153 Å². The van der Waals surface area contributed by atoms with Crippen LogP contribution < -0.4 is 10.2 Å². The first-order valence-electron chi connectivity index (χ1n) is 9.41. The van der Waals surface area contributed by atoms with E-state index in [0.717, 1.165) is 48.2 Å². The molecule has 0 aliphatic carbocycles. The first-order valence-corrected chi connectivity index (χ1v) is 9.41. The van der Waals surface area contributed by atoms with Crippen LogP contribution in [-0.2, 0) is 11.3 Å². The molecule has 2 aromatic rings. The molecule has 1 aromatic heterocycles. The molecule has 6 heteroatoms. The highest BCUT2D eigenvalue weighted by Gasteiger charge is 2.24. The Morgan fingerprint density at radius 2 is 2.19 bits per heavy atom. The maximum absolute atomic E-state index is 11.7. The number of carbonyl (C=O) groups is 1. The summed E-state index contributed by atoms with van der Waals surface area (Å²) in [5.41, 5.74) is 3.32. The SMILES string of the molecule is Cc1ccc2nc(N3CCC[C@H](O)C3)c(CN3CCNC(=O)C3)cc2c1. The number of aliphatic hydroxyl groups excluding tert-OH is 1. The molecular formula is C20H26N4O2. The van der Waals surface area contributed by atoms with E-state index in [1.54, 1.807) is 0 Å². The molecule has 2 saturated heterocycles. The fraction of sp³-hybridized carbons (Fsp3) is 0.500. The number of benzene rings is 1. The lowest BCUT2D eigenvalue weighted by atomic mass is 10.0. The molecule has 138 valence electrons. The normalized spacial score (nSPS) is 21.8. The number of aliphatic hydroxyl groups is 1. The lowest BCUT2D eigenvalue weighted by Gasteiger charge is -2.34. The van der Waals surface area contributed by atoms with Crippen molar-refractivity contribution >= 4 is 22.6 Å². The van der Waals surface area contributed by atoms with Gasteiger partial charge in [0, 0.05) is 43.7 Å². The Morgan fingerprint density at radius 1 is 1.31 bits per heavy atom. The van der Waals surface area contributed by atoms with Gasteiger partial charge in [-0.3, -0.25) is 9.69 Å². The van der Waals surface area contributed by atoms with Crippen LogP contribution in [0.15, 0.2) is 24.3 Å². The van der Waals surface area contributed by atoms with E-state index in [4.69, 9.17) is 4.98 Å². The van der Waals surface area contributed by atoms with Crippen molar-refractivity contribution in [3.63, 3.8) is 0 Å². The van der Waals surface area contributed by atoms with Gasteiger partial charge in [-0.1, -0.05) is 11.6 Å². The summed E-state index contributed by atoms with van der Waals surface area (Å²) in [5, 5.41) is 14.1. The maximum atomic E-state index is 11.7. The molecular weight excluding hydrogens is 328 g/mol. The zero-order chi connectivity index (χ0) is 18.1. The van der Waals surface area contributed by atoms with Crippen LogP contribution in [0.1, 0.15) is 24.0 Å². The molecule has 1 amide bonds. The summed E-state index contributed by atoms with van der Waals surface area (Å²) in [6.45, 7) is 6.28. The lowest BCUT2D eigenvalue weighted by Crippen LogP contribution is -2.47. The van der Waals surface area contributed by atoms with Gasteiger partial charge in [-0.25, -0.2) is 4.98 Å². The first kappa shape index (κ1) is 17.2. The minimum atomic E-state index is -0.298. The van der Waals surface area contributed by atoms with E-state index in [0.29, 0.717) is 26.2 Å². The van der Waals surface area contributed by atoms with E-state index in [1.165, 1.54) is 5.56 Å². The van der Waals surface area contributed by atoms with Crippen LogP contribution in [0, 0.1) is 6.92 Å². The molecule has 2 fully saturated rings. The number of piperidine rings is 1. The summed E-state index contributed by atoms with van der Waals surface area (Å²) in [6.07, 6.45) is 1.53. The molecule has 0 radical (unpaired) electrons. The number of amides is 1. The number of β-amino-alcohol motifs (C(OH)–C–C–N with tert-alkyl or cyclic N) is 1. The Hall–Kier alpha value is -2.18. The fourth-order valence-electron chi connectivity index (χ4n) is 3.93. The summed E-state index contributed by atoms with van der Waals surface area (Å²) in [4.78, 5) is 21.1. The number of fused-ring (bicyclic) bond motifs is 1. The van der Waals surface area contributed by atoms with Gasteiger partial charge in [0.1, 0.15) is 5.82 Å². The van der Waals surface area contributed by atoms with E-state index >= 15 is 0 Å². The van der Waals surface area contributed by atoms with Crippen molar-refractivity contribution in [1.29, 1.82) is 0 Å². The number of hydrogen-bond acceptors (Lipinski definition) is 5. The van der Waals surface area contributed by atoms with Crippen molar-refractivity contribution in [2.45, 2.75) is 32.4 Å². The van der Waals surface area contributed by atoms with Gasteiger partial charge in [-0.2, -0.15) is 0 Å². The highest BCUT2D eigenvalue weighted by Crippen LogP contribution is 2.28. The standard InChI is InChI=1S/C20H26N4O2/c1-14-4-5-18-15(9-14)10-16(11-23-8-6-21-19(26)13-23)20(22-18)24-7-2-3-17(25)12-24/h4-5,9-10,17,25H,2-3,6-8,11-13H2,1H3,(H,21,26)/t17-/m0/s1. The number of pyridine rings is 1. The van der Waals surface area contributed by atoms with Crippen LogP contribution in [-0.4, -0.2) is 59.7 Å². The molecule has 2 N–H and O–H groups in total. The Balaban J connectivity index is 1.71. The minimum Gasteiger partial charge on any atom is -0.391 e. The van der Waals surface area contributed by atoms with Gasteiger partial charge < -0.3 is 15.3 Å².